The molecule has 3 rings (SSSR count). The van der Waals surface area contributed by atoms with Gasteiger partial charge in [-0.15, -0.1) is 0 Å². The van der Waals surface area contributed by atoms with Crippen LogP contribution in [0.15, 0.2) is 67.3 Å². The molecule has 1 unspecified atom stereocenters. The molecule has 1 amide bonds. The normalized spacial score (nSPS) is 11.8. The highest BCUT2D eigenvalue weighted by molar-refractivity contribution is 5.83. The number of pyridine rings is 2. The largest absolute Gasteiger partial charge is 0.350 e. The smallest absolute Gasteiger partial charge is 0.242 e. The fourth-order valence-electron chi connectivity index (χ4n) is 2.94. The molecule has 27 heavy (non-hydrogen) atoms. The molecule has 1 atom stereocenters. The lowest BCUT2D eigenvalue weighted by Gasteiger charge is -2.21. The number of aryl methyl sites for hydroxylation is 1. The SMILES string of the molecule is Cc1cccc(C(NCc2cccnc2)C(=O)NCc2ccncc2)c1C. The number of carbonyl (C=O) groups is 1. The van der Waals surface area contributed by atoms with Gasteiger partial charge >= 0.3 is 0 Å². The van der Waals surface area contributed by atoms with E-state index in [1.165, 1.54) is 5.56 Å². The van der Waals surface area contributed by atoms with Gasteiger partial charge in [0.25, 0.3) is 0 Å². The first-order chi connectivity index (χ1) is 13.1. The quantitative estimate of drug-likeness (QED) is 0.679. The summed E-state index contributed by atoms with van der Waals surface area (Å²) in [6.45, 7) is 5.15. The predicted molar refractivity (Wildman–Crippen MR) is 106 cm³/mol. The van der Waals surface area contributed by atoms with E-state index in [1.807, 2.05) is 42.6 Å². The molecule has 2 N–H and O–H groups in total. The third-order valence-corrected chi connectivity index (χ3v) is 4.67. The molecule has 2 aromatic heterocycles. The molecule has 0 saturated carbocycles. The molecule has 5 heteroatoms. The molecule has 0 bridgehead atoms. The molecule has 0 fully saturated rings. The van der Waals surface area contributed by atoms with Crippen molar-refractivity contribution in [2.75, 3.05) is 0 Å². The standard InChI is InChI=1S/C22H24N4O/c1-16-5-3-7-20(17(16)2)21(25-15-19-6-4-10-24-13-19)22(27)26-14-18-8-11-23-12-9-18/h3-13,21,25H,14-15H2,1-2H3,(H,26,27). The Hall–Kier alpha value is -3.05. The highest BCUT2D eigenvalue weighted by Gasteiger charge is 2.22. The third kappa shape index (κ3) is 4.99. The number of benzene rings is 1. The predicted octanol–water partition coefficient (Wildman–Crippen LogP) is 3.24. The summed E-state index contributed by atoms with van der Waals surface area (Å²) in [7, 11) is 0. The zero-order valence-corrected chi connectivity index (χ0v) is 15.6. The van der Waals surface area contributed by atoms with Gasteiger partial charge in [0.1, 0.15) is 6.04 Å². The van der Waals surface area contributed by atoms with Crippen molar-refractivity contribution in [2.45, 2.75) is 33.0 Å². The minimum atomic E-state index is -0.438. The maximum atomic E-state index is 13.0. The van der Waals surface area contributed by atoms with Crippen LogP contribution in [0.3, 0.4) is 0 Å². The van der Waals surface area contributed by atoms with Crippen LogP contribution in [0.1, 0.15) is 33.9 Å². The molecule has 0 aliphatic carbocycles. The van der Waals surface area contributed by atoms with Crippen molar-refractivity contribution in [2.24, 2.45) is 0 Å². The van der Waals surface area contributed by atoms with Crippen LogP contribution in [-0.4, -0.2) is 15.9 Å². The van der Waals surface area contributed by atoms with Gasteiger partial charge in [-0.05, 0) is 59.9 Å². The molecule has 1 aromatic carbocycles. The van der Waals surface area contributed by atoms with Crippen LogP contribution >= 0.6 is 0 Å². The molecule has 3 aromatic rings. The lowest BCUT2D eigenvalue weighted by atomic mass is 9.96. The number of nitrogens with zero attached hydrogens (tertiary/aromatic N) is 2. The van der Waals surface area contributed by atoms with Crippen molar-refractivity contribution in [3.05, 3.63) is 95.1 Å². The summed E-state index contributed by atoms with van der Waals surface area (Å²) in [5.74, 6) is -0.0515. The number of rotatable bonds is 7. The van der Waals surface area contributed by atoms with Crippen molar-refractivity contribution >= 4 is 5.91 Å². The molecule has 0 saturated heterocycles. The van der Waals surface area contributed by atoms with Crippen LogP contribution in [0.4, 0.5) is 0 Å². The second kappa shape index (κ2) is 9.05. The minimum absolute atomic E-state index is 0.0515. The lowest BCUT2D eigenvalue weighted by molar-refractivity contribution is -0.123. The Kier molecular flexibility index (Phi) is 6.28. The maximum absolute atomic E-state index is 13.0. The fraction of sp³-hybridized carbons (Fsp3) is 0.227. The lowest BCUT2D eigenvalue weighted by Crippen LogP contribution is -2.37. The molecule has 0 aliphatic heterocycles. The topological polar surface area (TPSA) is 66.9 Å². The van der Waals surface area contributed by atoms with E-state index in [4.69, 9.17) is 0 Å². The summed E-state index contributed by atoms with van der Waals surface area (Å²) in [6, 6.07) is 13.3. The summed E-state index contributed by atoms with van der Waals surface area (Å²) in [5, 5.41) is 6.43. The van der Waals surface area contributed by atoms with E-state index in [0.717, 1.165) is 22.3 Å². The number of nitrogens with one attached hydrogen (secondary N) is 2. The maximum Gasteiger partial charge on any atom is 0.242 e. The summed E-state index contributed by atoms with van der Waals surface area (Å²) >= 11 is 0. The highest BCUT2D eigenvalue weighted by atomic mass is 16.2. The molecule has 138 valence electrons. The number of carbonyl (C=O) groups excluding carboxylic acids is 1. The van der Waals surface area contributed by atoms with Gasteiger partial charge in [0.15, 0.2) is 0 Å². The molecule has 0 spiro atoms. The van der Waals surface area contributed by atoms with Gasteiger partial charge in [0.05, 0.1) is 0 Å². The Labute approximate surface area is 159 Å². The zero-order chi connectivity index (χ0) is 19.1. The van der Waals surface area contributed by atoms with E-state index >= 15 is 0 Å². The first-order valence-corrected chi connectivity index (χ1v) is 9.00. The molecular formula is C22H24N4O. The molecule has 0 aliphatic rings. The number of amides is 1. The average molecular weight is 360 g/mol. The second-order valence-corrected chi connectivity index (χ2v) is 6.54. The summed E-state index contributed by atoms with van der Waals surface area (Å²) < 4.78 is 0. The van der Waals surface area contributed by atoms with Gasteiger partial charge in [-0.3, -0.25) is 20.1 Å². The molecule has 2 heterocycles. The van der Waals surface area contributed by atoms with E-state index in [1.54, 1.807) is 18.6 Å². The molecule has 5 nitrogen and oxygen atoms in total. The summed E-state index contributed by atoms with van der Waals surface area (Å²) in [6.07, 6.45) is 7.00. The second-order valence-electron chi connectivity index (χ2n) is 6.54. The van der Waals surface area contributed by atoms with Crippen molar-refractivity contribution in [3.8, 4) is 0 Å². The Balaban J connectivity index is 1.78. The minimum Gasteiger partial charge on any atom is -0.350 e. The fourth-order valence-corrected chi connectivity index (χ4v) is 2.94. The van der Waals surface area contributed by atoms with Crippen LogP contribution in [-0.2, 0) is 17.9 Å². The number of hydrogen-bond acceptors (Lipinski definition) is 4. The van der Waals surface area contributed by atoms with Crippen LogP contribution < -0.4 is 10.6 Å². The van der Waals surface area contributed by atoms with E-state index in [9.17, 15) is 4.79 Å². The van der Waals surface area contributed by atoms with E-state index in [-0.39, 0.29) is 5.91 Å². The summed E-state index contributed by atoms with van der Waals surface area (Å²) in [5.41, 5.74) is 5.34. The Morgan fingerprint density at radius 1 is 0.926 bits per heavy atom. The Morgan fingerprint density at radius 2 is 1.74 bits per heavy atom. The van der Waals surface area contributed by atoms with Crippen molar-refractivity contribution < 1.29 is 4.79 Å². The van der Waals surface area contributed by atoms with Crippen LogP contribution in [0, 0.1) is 13.8 Å². The highest BCUT2D eigenvalue weighted by Crippen LogP contribution is 2.21. The van der Waals surface area contributed by atoms with Gasteiger partial charge in [0.2, 0.25) is 5.91 Å². The van der Waals surface area contributed by atoms with Gasteiger partial charge in [0, 0.05) is 37.9 Å². The number of aromatic nitrogens is 2. The first kappa shape index (κ1) is 18.7. The van der Waals surface area contributed by atoms with Crippen molar-refractivity contribution in [1.29, 1.82) is 0 Å². The monoisotopic (exact) mass is 360 g/mol. The van der Waals surface area contributed by atoms with E-state index < -0.39 is 6.04 Å². The van der Waals surface area contributed by atoms with E-state index in [0.29, 0.717) is 13.1 Å². The van der Waals surface area contributed by atoms with Gasteiger partial charge in [-0.25, -0.2) is 0 Å². The Bertz CT molecular complexity index is 881. The molecular weight excluding hydrogens is 336 g/mol. The van der Waals surface area contributed by atoms with Gasteiger partial charge < -0.3 is 5.32 Å². The van der Waals surface area contributed by atoms with E-state index in [2.05, 4.69) is 40.5 Å². The third-order valence-electron chi connectivity index (χ3n) is 4.67. The van der Waals surface area contributed by atoms with Crippen molar-refractivity contribution in [3.63, 3.8) is 0 Å². The number of hydrogen-bond donors (Lipinski definition) is 2. The first-order valence-electron chi connectivity index (χ1n) is 9.00. The van der Waals surface area contributed by atoms with Crippen molar-refractivity contribution in [1.82, 2.24) is 20.6 Å². The van der Waals surface area contributed by atoms with Crippen LogP contribution in [0.25, 0.3) is 0 Å². The van der Waals surface area contributed by atoms with Gasteiger partial charge in [-0.2, -0.15) is 0 Å². The average Bonchev–Trinajstić information content (AvgIpc) is 2.71. The molecule has 0 radical (unpaired) electrons. The van der Waals surface area contributed by atoms with Crippen LogP contribution in [0.5, 0.6) is 0 Å². The zero-order valence-electron chi connectivity index (χ0n) is 15.6. The summed E-state index contributed by atoms with van der Waals surface area (Å²) in [4.78, 5) is 21.1. The van der Waals surface area contributed by atoms with Crippen LogP contribution in [0.2, 0.25) is 0 Å². The Morgan fingerprint density at radius 3 is 2.48 bits per heavy atom. The van der Waals surface area contributed by atoms with Gasteiger partial charge in [-0.1, -0.05) is 24.3 Å².